The van der Waals surface area contributed by atoms with Crippen molar-refractivity contribution in [1.29, 1.82) is 0 Å². The summed E-state index contributed by atoms with van der Waals surface area (Å²) in [4.78, 5) is 23.2. The average Bonchev–Trinajstić information content (AvgIpc) is 2.61. The number of hydrogen-bond acceptors (Lipinski definition) is 4. The van der Waals surface area contributed by atoms with Crippen LogP contribution in [0.5, 0.6) is 0 Å². The molecule has 0 heterocycles. The highest BCUT2D eigenvalue weighted by molar-refractivity contribution is 7.91. The third kappa shape index (κ3) is 5.56. The predicted molar refractivity (Wildman–Crippen MR) is 103 cm³/mol. The van der Waals surface area contributed by atoms with Crippen molar-refractivity contribution < 1.29 is 18.0 Å². The van der Waals surface area contributed by atoms with E-state index in [1.54, 1.807) is 49.4 Å². The number of amides is 2. The lowest BCUT2D eigenvalue weighted by Crippen LogP contribution is -2.08. The van der Waals surface area contributed by atoms with Crippen LogP contribution < -0.4 is 10.6 Å². The van der Waals surface area contributed by atoms with E-state index in [2.05, 4.69) is 10.6 Å². The van der Waals surface area contributed by atoms with Crippen LogP contribution in [0.1, 0.15) is 19.4 Å². The second-order valence-electron chi connectivity index (χ2n) is 5.55. The molecule has 6 nitrogen and oxygen atoms in total. The van der Waals surface area contributed by atoms with Gasteiger partial charge in [-0.25, -0.2) is 8.42 Å². The fourth-order valence-electron chi connectivity index (χ4n) is 2.15. The van der Waals surface area contributed by atoms with E-state index in [-0.39, 0.29) is 22.5 Å². The minimum atomic E-state index is -3.25. The third-order valence-corrected chi connectivity index (χ3v) is 5.27. The van der Waals surface area contributed by atoms with Crippen LogP contribution in [0.15, 0.2) is 59.5 Å². The Bertz CT molecular complexity index is 915. The molecule has 0 spiro atoms. The molecule has 0 bridgehead atoms. The van der Waals surface area contributed by atoms with Gasteiger partial charge in [-0.05, 0) is 48.0 Å². The van der Waals surface area contributed by atoms with E-state index in [0.717, 1.165) is 5.56 Å². The molecule has 0 fully saturated rings. The molecule has 2 rings (SSSR count). The van der Waals surface area contributed by atoms with Crippen LogP contribution >= 0.6 is 0 Å². The zero-order valence-electron chi connectivity index (χ0n) is 14.5. The van der Waals surface area contributed by atoms with Gasteiger partial charge in [-0.15, -0.1) is 0 Å². The largest absolute Gasteiger partial charge is 0.326 e. The summed E-state index contributed by atoms with van der Waals surface area (Å²) in [5, 5.41) is 5.33. The molecule has 2 amide bonds. The molecular weight excluding hydrogens is 352 g/mol. The van der Waals surface area contributed by atoms with Gasteiger partial charge in [-0.3, -0.25) is 9.59 Å². The predicted octanol–water partition coefficient (Wildman–Crippen LogP) is 3.09. The molecule has 0 atom stereocenters. The Morgan fingerprint density at radius 3 is 2.00 bits per heavy atom. The van der Waals surface area contributed by atoms with Crippen LogP contribution in [0.2, 0.25) is 0 Å². The topological polar surface area (TPSA) is 92.3 Å². The molecule has 0 aliphatic carbocycles. The first-order valence-corrected chi connectivity index (χ1v) is 9.65. The lowest BCUT2D eigenvalue weighted by Gasteiger charge is -2.05. The second-order valence-corrected chi connectivity index (χ2v) is 7.83. The lowest BCUT2D eigenvalue weighted by molar-refractivity contribution is -0.114. The lowest BCUT2D eigenvalue weighted by atomic mass is 10.2. The van der Waals surface area contributed by atoms with Gasteiger partial charge >= 0.3 is 0 Å². The van der Waals surface area contributed by atoms with Crippen molar-refractivity contribution >= 4 is 39.1 Å². The summed E-state index contributed by atoms with van der Waals surface area (Å²) in [7, 11) is -3.25. The SMILES string of the molecule is CCS(=O)(=O)c1ccc(NC(=O)/C=C/c2ccc(NC(C)=O)cc2)cc1. The van der Waals surface area contributed by atoms with E-state index >= 15 is 0 Å². The first kappa shape index (κ1) is 19.4. The molecule has 136 valence electrons. The highest BCUT2D eigenvalue weighted by Crippen LogP contribution is 2.15. The molecule has 2 aromatic carbocycles. The van der Waals surface area contributed by atoms with Gasteiger partial charge in [0, 0.05) is 24.4 Å². The average molecular weight is 372 g/mol. The van der Waals surface area contributed by atoms with Crippen molar-refractivity contribution in [2.45, 2.75) is 18.7 Å². The molecular formula is C19H20N2O4S. The van der Waals surface area contributed by atoms with Crippen molar-refractivity contribution in [3.63, 3.8) is 0 Å². The van der Waals surface area contributed by atoms with E-state index in [0.29, 0.717) is 11.4 Å². The Labute approximate surface area is 152 Å². The number of hydrogen-bond donors (Lipinski definition) is 2. The van der Waals surface area contributed by atoms with Gasteiger partial charge in [0.25, 0.3) is 0 Å². The normalized spacial score (nSPS) is 11.3. The first-order chi connectivity index (χ1) is 12.3. The summed E-state index contributed by atoms with van der Waals surface area (Å²) in [5.74, 6) is -0.449. The standard InChI is InChI=1S/C19H20N2O4S/c1-3-26(24,25)18-11-9-17(10-12-18)21-19(23)13-6-15-4-7-16(8-5-15)20-14(2)22/h4-13H,3H2,1-2H3,(H,20,22)(H,21,23)/b13-6+. The van der Waals surface area contributed by atoms with E-state index in [1.807, 2.05) is 0 Å². The minimum Gasteiger partial charge on any atom is -0.326 e. The molecule has 0 saturated carbocycles. The Morgan fingerprint density at radius 2 is 1.46 bits per heavy atom. The summed E-state index contributed by atoms with van der Waals surface area (Å²) in [6, 6.07) is 13.1. The Balaban J connectivity index is 1.97. The van der Waals surface area contributed by atoms with Crippen molar-refractivity contribution in [3.8, 4) is 0 Å². The van der Waals surface area contributed by atoms with Crippen molar-refractivity contribution in [2.24, 2.45) is 0 Å². The number of benzene rings is 2. The molecule has 7 heteroatoms. The summed E-state index contributed by atoms with van der Waals surface area (Å²) in [6.45, 7) is 3.01. The maximum atomic E-state index is 12.0. The van der Waals surface area contributed by atoms with Crippen molar-refractivity contribution in [3.05, 3.63) is 60.2 Å². The zero-order chi connectivity index (χ0) is 19.2. The Kier molecular flexibility index (Phi) is 6.30. The van der Waals surface area contributed by atoms with Gasteiger partial charge in [0.2, 0.25) is 11.8 Å². The number of rotatable bonds is 6. The van der Waals surface area contributed by atoms with Crippen LogP contribution in [0.25, 0.3) is 6.08 Å². The van der Waals surface area contributed by atoms with Crippen LogP contribution in [-0.4, -0.2) is 26.0 Å². The van der Waals surface area contributed by atoms with Crippen molar-refractivity contribution in [1.82, 2.24) is 0 Å². The van der Waals surface area contributed by atoms with Crippen LogP contribution in [-0.2, 0) is 19.4 Å². The fraction of sp³-hybridized carbons (Fsp3) is 0.158. The van der Waals surface area contributed by atoms with Crippen molar-refractivity contribution in [2.75, 3.05) is 16.4 Å². The molecule has 0 saturated heterocycles. The van der Waals surface area contributed by atoms with Gasteiger partial charge in [-0.1, -0.05) is 19.1 Å². The Morgan fingerprint density at radius 1 is 0.923 bits per heavy atom. The maximum absolute atomic E-state index is 12.0. The summed E-state index contributed by atoms with van der Waals surface area (Å²) >= 11 is 0. The number of nitrogens with one attached hydrogen (secondary N) is 2. The summed E-state index contributed by atoms with van der Waals surface area (Å²) in [5.41, 5.74) is 2.00. The summed E-state index contributed by atoms with van der Waals surface area (Å²) in [6.07, 6.45) is 3.02. The second kappa shape index (κ2) is 8.44. The van der Waals surface area contributed by atoms with Crippen LogP contribution in [0, 0.1) is 0 Å². The first-order valence-electron chi connectivity index (χ1n) is 7.99. The molecule has 0 aliphatic rings. The number of carbonyl (C=O) groups excluding carboxylic acids is 2. The molecule has 2 N–H and O–H groups in total. The molecule has 0 radical (unpaired) electrons. The van der Waals surface area contributed by atoms with Gasteiger partial charge in [-0.2, -0.15) is 0 Å². The monoisotopic (exact) mass is 372 g/mol. The maximum Gasteiger partial charge on any atom is 0.248 e. The smallest absolute Gasteiger partial charge is 0.248 e. The Hall–Kier alpha value is -2.93. The molecule has 0 unspecified atom stereocenters. The minimum absolute atomic E-state index is 0.0299. The van der Waals surface area contributed by atoms with E-state index in [4.69, 9.17) is 0 Å². The number of sulfone groups is 1. The molecule has 26 heavy (non-hydrogen) atoms. The van der Waals surface area contributed by atoms with E-state index < -0.39 is 9.84 Å². The highest BCUT2D eigenvalue weighted by Gasteiger charge is 2.10. The highest BCUT2D eigenvalue weighted by atomic mass is 32.2. The van der Waals surface area contributed by atoms with Crippen LogP contribution in [0.3, 0.4) is 0 Å². The van der Waals surface area contributed by atoms with Gasteiger partial charge in [0.05, 0.1) is 10.6 Å². The van der Waals surface area contributed by atoms with E-state index in [1.165, 1.54) is 25.1 Å². The third-order valence-electron chi connectivity index (χ3n) is 3.52. The van der Waals surface area contributed by atoms with Gasteiger partial charge in [0.15, 0.2) is 9.84 Å². The van der Waals surface area contributed by atoms with Gasteiger partial charge in [0.1, 0.15) is 0 Å². The molecule has 2 aromatic rings. The fourth-order valence-corrected chi connectivity index (χ4v) is 3.03. The summed E-state index contributed by atoms with van der Waals surface area (Å²) < 4.78 is 23.5. The van der Waals surface area contributed by atoms with Gasteiger partial charge < -0.3 is 10.6 Å². The van der Waals surface area contributed by atoms with Crippen LogP contribution in [0.4, 0.5) is 11.4 Å². The quantitative estimate of drug-likeness (QED) is 0.762. The van der Waals surface area contributed by atoms with E-state index in [9.17, 15) is 18.0 Å². The molecule has 0 aromatic heterocycles. The number of anilines is 2. The molecule has 0 aliphatic heterocycles. The zero-order valence-corrected chi connectivity index (χ0v) is 15.3. The number of carbonyl (C=O) groups is 2.